The molecule has 1 saturated heterocycles. The quantitative estimate of drug-likeness (QED) is 0.311. The zero-order valence-corrected chi connectivity index (χ0v) is 21.0. The highest BCUT2D eigenvalue weighted by atomic mass is 19.1. The minimum atomic E-state index is -0.472. The van der Waals surface area contributed by atoms with Gasteiger partial charge in [-0.15, -0.1) is 6.58 Å². The van der Waals surface area contributed by atoms with E-state index < -0.39 is 6.10 Å². The van der Waals surface area contributed by atoms with Gasteiger partial charge in [-0.25, -0.2) is 9.07 Å². The standard InChI is InChI=1S/C29H36FN3O3/c1-3-5-12-24(34)19-32(20-26-13-9-18-35-26)21-27-28(4-2)31-33(23-10-7-6-8-11-23)29(27)36-25-16-14-22(30)15-17-25/h3,6-8,10-11,14-17,24,26,34H,1,4-5,9,12-13,18-21H2,2H3/t24-,26-/m1/s1. The van der Waals surface area contributed by atoms with Crippen LogP contribution >= 0.6 is 0 Å². The van der Waals surface area contributed by atoms with E-state index in [2.05, 4.69) is 18.4 Å². The molecular weight excluding hydrogens is 457 g/mol. The Labute approximate surface area is 213 Å². The van der Waals surface area contributed by atoms with Gasteiger partial charge >= 0.3 is 0 Å². The summed E-state index contributed by atoms with van der Waals surface area (Å²) in [6, 6.07) is 15.9. The van der Waals surface area contributed by atoms with Crippen LogP contribution in [0.4, 0.5) is 4.39 Å². The van der Waals surface area contributed by atoms with Gasteiger partial charge in [0, 0.05) is 26.2 Å². The number of rotatable bonds is 13. The molecule has 1 fully saturated rings. The summed E-state index contributed by atoms with van der Waals surface area (Å²) in [5, 5.41) is 15.6. The van der Waals surface area contributed by atoms with Crippen LogP contribution in [0, 0.1) is 5.82 Å². The first kappa shape index (κ1) is 26.1. The van der Waals surface area contributed by atoms with Crippen molar-refractivity contribution in [3.8, 4) is 17.3 Å². The lowest BCUT2D eigenvalue weighted by molar-refractivity contribution is 0.0441. The topological polar surface area (TPSA) is 59.8 Å². The number of ether oxygens (including phenoxy) is 2. The maximum absolute atomic E-state index is 13.6. The lowest BCUT2D eigenvalue weighted by Crippen LogP contribution is -2.37. The van der Waals surface area contributed by atoms with Crippen LogP contribution in [0.2, 0.25) is 0 Å². The van der Waals surface area contributed by atoms with Gasteiger partial charge in [0.25, 0.3) is 0 Å². The fourth-order valence-corrected chi connectivity index (χ4v) is 4.59. The summed E-state index contributed by atoms with van der Waals surface area (Å²) in [7, 11) is 0. The number of halogens is 1. The Hall–Kier alpha value is -3.00. The SMILES string of the molecule is C=CCC[C@@H](O)CN(Cc1c(CC)nn(-c2ccccc2)c1Oc1ccc(F)cc1)C[C@H]1CCCO1. The van der Waals surface area contributed by atoms with Crippen LogP contribution in [0.5, 0.6) is 11.6 Å². The van der Waals surface area contributed by atoms with Gasteiger partial charge in [-0.2, -0.15) is 5.10 Å². The molecule has 4 rings (SSSR count). The molecule has 3 aromatic rings. The molecule has 1 aromatic heterocycles. The molecule has 0 radical (unpaired) electrons. The molecule has 0 amide bonds. The van der Waals surface area contributed by atoms with E-state index in [0.717, 1.165) is 55.8 Å². The largest absolute Gasteiger partial charge is 0.439 e. The predicted molar refractivity (Wildman–Crippen MR) is 139 cm³/mol. The lowest BCUT2D eigenvalue weighted by atomic mass is 10.1. The second-order valence-corrected chi connectivity index (χ2v) is 9.24. The van der Waals surface area contributed by atoms with Gasteiger partial charge in [0.05, 0.1) is 29.2 Å². The number of allylic oxidation sites excluding steroid dienone is 1. The number of aliphatic hydroxyl groups excluding tert-OH is 1. The molecule has 6 nitrogen and oxygen atoms in total. The number of nitrogens with zero attached hydrogens (tertiary/aromatic N) is 3. The molecule has 0 bridgehead atoms. The number of aliphatic hydroxyl groups is 1. The maximum atomic E-state index is 13.6. The van der Waals surface area contributed by atoms with Gasteiger partial charge < -0.3 is 14.6 Å². The predicted octanol–water partition coefficient (Wildman–Crippen LogP) is 5.67. The fourth-order valence-electron chi connectivity index (χ4n) is 4.59. The van der Waals surface area contributed by atoms with E-state index in [-0.39, 0.29) is 11.9 Å². The molecule has 2 aromatic carbocycles. The Morgan fingerprint density at radius 1 is 1.25 bits per heavy atom. The van der Waals surface area contributed by atoms with Gasteiger partial charge in [-0.1, -0.05) is 31.2 Å². The smallest absolute Gasteiger partial charge is 0.227 e. The highest BCUT2D eigenvalue weighted by Crippen LogP contribution is 2.33. The van der Waals surface area contributed by atoms with Crippen molar-refractivity contribution in [1.82, 2.24) is 14.7 Å². The molecule has 0 spiro atoms. The van der Waals surface area contributed by atoms with Crippen LogP contribution in [0.25, 0.3) is 5.69 Å². The highest BCUT2D eigenvalue weighted by molar-refractivity contribution is 5.43. The first-order valence-electron chi connectivity index (χ1n) is 12.8. The van der Waals surface area contributed by atoms with Crippen molar-refractivity contribution in [3.05, 3.63) is 84.3 Å². The van der Waals surface area contributed by atoms with Gasteiger partial charge in [-0.05, 0) is 68.5 Å². The third-order valence-corrected chi connectivity index (χ3v) is 6.42. The van der Waals surface area contributed by atoms with Crippen LogP contribution in [0.15, 0.2) is 67.3 Å². The number of aromatic nitrogens is 2. The van der Waals surface area contributed by atoms with Crippen molar-refractivity contribution in [2.24, 2.45) is 0 Å². The van der Waals surface area contributed by atoms with Gasteiger partial charge in [0.15, 0.2) is 0 Å². The van der Waals surface area contributed by atoms with Crippen LogP contribution in [-0.2, 0) is 17.7 Å². The normalized spacial score (nSPS) is 16.4. The molecule has 36 heavy (non-hydrogen) atoms. The molecule has 1 aliphatic heterocycles. The number of benzene rings is 2. The Kier molecular flexibility index (Phi) is 9.28. The second-order valence-electron chi connectivity index (χ2n) is 9.24. The summed E-state index contributed by atoms with van der Waals surface area (Å²) in [6.45, 7) is 8.43. The molecule has 1 N–H and O–H groups in total. The van der Waals surface area contributed by atoms with Crippen molar-refractivity contribution in [3.63, 3.8) is 0 Å². The minimum absolute atomic E-state index is 0.146. The Morgan fingerprint density at radius 2 is 2.03 bits per heavy atom. The lowest BCUT2D eigenvalue weighted by Gasteiger charge is -2.27. The van der Waals surface area contributed by atoms with Gasteiger partial charge in [0.2, 0.25) is 5.88 Å². The molecule has 0 aliphatic carbocycles. The van der Waals surface area contributed by atoms with Crippen molar-refractivity contribution >= 4 is 0 Å². The molecular formula is C29H36FN3O3. The number of hydrogen-bond donors (Lipinski definition) is 1. The highest BCUT2D eigenvalue weighted by Gasteiger charge is 2.26. The summed E-state index contributed by atoms with van der Waals surface area (Å²) in [6.07, 6.45) is 5.73. The second kappa shape index (κ2) is 12.8. The average Bonchev–Trinajstić information content (AvgIpc) is 3.52. The van der Waals surface area contributed by atoms with Crippen LogP contribution < -0.4 is 4.74 Å². The maximum Gasteiger partial charge on any atom is 0.227 e. The van der Waals surface area contributed by atoms with E-state index in [1.807, 2.05) is 41.1 Å². The van der Waals surface area contributed by atoms with Crippen LogP contribution in [0.3, 0.4) is 0 Å². The van der Waals surface area contributed by atoms with E-state index >= 15 is 0 Å². The average molecular weight is 494 g/mol. The summed E-state index contributed by atoms with van der Waals surface area (Å²) in [5.41, 5.74) is 2.76. The summed E-state index contributed by atoms with van der Waals surface area (Å²) >= 11 is 0. The monoisotopic (exact) mass is 493 g/mol. The molecule has 2 atom stereocenters. The molecule has 0 saturated carbocycles. The fraction of sp³-hybridized carbons (Fsp3) is 0.414. The van der Waals surface area contributed by atoms with Crippen LogP contribution in [-0.4, -0.2) is 51.7 Å². The van der Waals surface area contributed by atoms with E-state index in [1.165, 1.54) is 12.1 Å². The van der Waals surface area contributed by atoms with Crippen molar-refractivity contribution < 1.29 is 19.0 Å². The summed E-state index contributed by atoms with van der Waals surface area (Å²) in [4.78, 5) is 2.24. The van der Waals surface area contributed by atoms with Crippen molar-refractivity contribution in [2.45, 2.75) is 57.8 Å². The molecule has 7 heteroatoms. The molecule has 192 valence electrons. The summed E-state index contributed by atoms with van der Waals surface area (Å²) < 4.78 is 27.7. The zero-order valence-electron chi connectivity index (χ0n) is 21.0. The number of para-hydroxylation sites is 1. The van der Waals surface area contributed by atoms with Crippen LogP contribution in [0.1, 0.15) is 43.9 Å². The number of hydrogen-bond acceptors (Lipinski definition) is 5. The third-order valence-electron chi connectivity index (χ3n) is 6.42. The molecule has 2 heterocycles. The number of aryl methyl sites for hydroxylation is 1. The Balaban J connectivity index is 1.69. The Morgan fingerprint density at radius 3 is 2.69 bits per heavy atom. The Bertz CT molecular complexity index is 1090. The van der Waals surface area contributed by atoms with E-state index in [1.54, 1.807) is 12.1 Å². The summed E-state index contributed by atoms with van der Waals surface area (Å²) in [5.74, 6) is 0.821. The minimum Gasteiger partial charge on any atom is -0.439 e. The van der Waals surface area contributed by atoms with Gasteiger partial charge in [-0.3, -0.25) is 4.90 Å². The van der Waals surface area contributed by atoms with Gasteiger partial charge in [0.1, 0.15) is 11.6 Å². The first-order valence-corrected chi connectivity index (χ1v) is 12.8. The molecule has 0 unspecified atom stereocenters. The first-order chi connectivity index (χ1) is 17.6. The van der Waals surface area contributed by atoms with Crippen molar-refractivity contribution in [2.75, 3.05) is 19.7 Å². The molecule has 1 aliphatic rings. The van der Waals surface area contributed by atoms with Crippen molar-refractivity contribution in [1.29, 1.82) is 0 Å². The van der Waals surface area contributed by atoms with E-state index in [9.17, 15) is 9.50 Å². The third kappa shape index (κ3) is 6.81. The van der Waals surface area contributed by atoms with E-state index in [0.29, 0.717) is 31.1 Å². The zero-order chi connectivity index (χ0) is 25.3. The van der Waals surface area contributed by atoms with E-state index in [4.69, 9.17) is 14.6 Å².